The Labute approximate surface area is 651 Å². The number of aliphatic hydroxyl groups is 5. The first kappa shape index (κ1) is 96.0. The summed E-state index contributed by atoms with van der Waals surface area (Å²) in [5.41, 5.74) is 17.9. The van der Waals surface area contributed by atoms with Crippen molar-refractivity contribution < 1.29 is 128 Å². The van der Waals surface area contributed by atoms with Crippen LogP contribution in [0.25, 0.3) is 0 Å². The van der Waals surface area contributed by atoms with Crippen molar-refractivity contribution in [2.75, 3.05) is 39.4 Å². The van der Waals surface area contributed by atoms with Crippen molar-refractivity contribution in [3.05, 3.63) is 95.6 Å². The average molecular weight is 1610 g/mol. The quantitative estimate of drug-likeness (QED) is 0.0142. The topological polar surface area (TPSA) is 746 Å². The van der Waals surface area contributed by atoms with E-state index in [-0.39, 0.29) is 81.1 Å². The number of amides is 13. The zero-order chi connectivity index (χ0) is 85.5. The highest BCUT2D eigenvalue weighted by atomic mass is 16.4. The van der Waals surface area contributed by atoms with E-state index in [1.54, 1.807) is 30.3 Å². The number of nitrogens with two attached hydrogens (primary N) is 3. The lowest BCUT2D eigenvalue weighted by atomic mass is 10.0. The highest BCUT2D eigenvalue weighted by Gasteiger charge is 2.39. The zero-order valence-corrected chi connectivity index (χ0v) is 62.4. The maximum absolute atomic E-state index is 14.6. The maximum atomic E-state index is 14.6. The molecule has 3 aromatic carbocycles. The molecule has 13 amide bonds. The highest BCUT2D eigenvalue weighted by Crippen LogP contribution is 2.16. The number of hydrogen-bond donors (Lipinski definition) is 28. The standard InChI is InChI=1S/C70H102N18O26/c1-34(91)55(87-68(112)56(35(2)92)86-58(102)42(72)12-9-25-75-70(73)74)67(111)85-50(33-90)66(110)83-48(29-54(100)101)59(103)77-30-51(96)76-31-52(97)78-45(27-38-14-18-40(94)19-15-38)62(106)84-49(32-89)65(109)82-46(26-37-10-5-4-6-11-37)63(107)79-43(13-7-8-24-71)60(104)81-47(28-39-16-20-41(95)21-17-39)64(108)80-44(22-23-53(98)99)61(105)88-57(36(3)93)69(113)114/h4-6,10-11,14-21,34-36,42-50,55-57,89-95H,7-9,12-13,22-33,71-72H2,1-3H3,(H,76,96)(H,77,103)(H,78,97)(H,79,107)(H,80,108)(H,81,104)(H,82,109)(H,83,110)(H,84,106)(H,85,111)(H,86,102)(H,87,112)(H,88,105)(H,98,99)(H,100,101)(H,113,114)(H4,73,74,75)/t34-,35-,36-,42+,43+,44+,45+,46+,47+,48+,49+,50+,55+,56+,57+/m1/s1. The molecule has 0 aromatic heterocycles. The van der Waals surface area contributed by atoms with E-state index in [2.05, 4.69) is 53.2 Å². The predicted molar refractivity (Wildman–Crippen MR) is 397 cm³/mol. The van der Waals surface area contributed by atoms with Crippen LogP contribution in [0.15, 0.2) is 78.9 Å². The fourth-order valence-electron chi connectivity index (χ4n) is 10.6. The number of nitrogens with one attached hydrogen (secondary N) is 15. The number of carbonyl (C=O) groups excluding carboxylic acids is 13. The van der Waals surface area contributed by atoms with Crippen LogP contribution in [-0.4, -0.2) is 282 Å². The monoisotopic (exact) mass is 1610 g/mol. The summed E-state index contributed by atoms with van der Waals surface area (Å²) in [5.74, 6) is -20.9. The summed E-state index contributed by atoms with van der Waals surface area (Å²) in [4.78, 5) is 214. The molecule has 0 aliphatic carbocycles. The number of aliphatic carboxylic acids is 3. The smallest absolute Gasteiger partial charge is 0.328 e. The lowest BCUT2D eigenvalue weighted by Gasteiger charge is -2.28. The SMILES string of the molecule is C[C@@H](O)[C@H](NC(=O)[C@H](CCC(=O)O)NC(=O)[C@H](Cc1ccc(O)cc1)NC(=O)[C@H](CCCCN)NC(=O)[C@H](Cc1ccccc1)NC(=O)[C@H](CO)NC(=O)[C@H](Cc1ccc(O)cc1)NC(=O)CNC(=O)CNC(=O)[C@H](CC(=O)O)NC(=O)[C@H](CO)NC(=O)[C@@H](NC(=O)[C@@H](NC(=O)[C@@H](N)CCCNC(=N)N)[C@@H](C)O)[C@@H](C)O)C(=O)O. The number of rotatable bonds is 51. The summed E-state index contributed by atoms with van der Waals surface area (Å²) < 4.78 is 0. The normalized spacial score (nSPS) is 14.9. The second-order valence-corrected chi connectivity index (χ2v) is 26.3. The Balaban J connectivity index is 1.83. The molecule has 3 aromatic rings. The summed E-state index contributed by atoms with van der Waals surface area (Å²) >= 11 is 0. The molecule has 44 nitrogen and oxygen atoms in total. The van der Waals surface area contributed by atoms with E-state index in [9.17, 15) is 128 Å². The first-order chi connectivity index (χ1) is 53.8. The van der Waals surface area contributed by atoms with Crippen LogP contribution in [0, 0.1) is 5.41 Å². The van der Waals surface area contributed by atoms with Gasteiger partial charge in [-0.2, -0.15) is 0 Å². The third kappa shape index (κ3) is 35.0. The first-order valence-corrected chi connectivity index (χ1v) is 35.7. The molecule has 0 aliphatic heterocycles. The molecule has 0 unspecified atom stereocenters. The van der Waals surface area contributed by atoms with Gasteiger partial charge in [-0.1, -0.05) is 54.6 Å². The highest BCUT2D eigenvalue weighted by molar-refractivity contribution is 6.00. The van der Waals surface area contributed by atoms with Gasteiger partial charge in [-0.05, 0) is 107 Å². The van der Waals surface area contributed by atoms with Crippen LogP contribution in [0.4, 0.5) is 0 Å². The van der Waals surface area contributed by atoms with Gasteiger partial charge in [0.2, 0.25) is 76.8 Å². The van der Waals surface area contributed by atoms with Crippen LogP contribution in [0.2, 0.25) is 0 Å². The Hall–Kier alpha value is -12.2. The molecule has 628 valence electrons. The van der Waals surface area contributed by atoms with Gasteiger partial charge in [0.15, 0.2) is 12.0 Å². The molecular weight excluding hydrogens is 1510 g/mol. The van der Waals surface area contributed by atoms with Crippen LogP contribution in [0.3, 0.4) is 0 Å². The maximum Gasteiger partial charge on any atom is 0.328 e. The van der Waals surface area contributed by atoms with Crippen LogP contribution in [0.1, 0.15) is 88.8 Å². The predicted octanol–water partition coefficient (Wildman–Crippen LogP) is -10.0. The van der Waals surface area contributed by atoms with Crippen LogP contribution >= 0.6 is 0 Å². The molecule has 0 radical (unpaired) electrons. The lowest BCUT2D eigenvalue weighted by molar-refractivity contribution is -0.145. The third-order valence-electron chi connectivity index (χ3n) is 16.8. The fraction of sp³-hybridized carbons (Fsp3) is 0.500. The van der Waals surface area contributed by atoms with E-state index in [0.717, 1.165) is 20.8 Å². The Kier molecular flexibility index (Phi) is 41.4. The van der Waals surface area contributed by atoms with Crippen molar-refractivity contribution in [3.63, 3.8) is 0 Å². The summed E-state index contributed by atoms with van der Waals surface area (Å²) in [6, 6.07) is -2.92. The van der Waals surface area contributed by atoms with Crippen molar-refractivity contribution >= 4 is 101 Å². The molecule has 0 spiro atoms. The second-order valence-electron chi connectivity index (χ2n) is 26.3. The number of phenolic OH excluding ortho intramolecular Hbond substituents is 2. The number of unbranched alkanes of at least 4 members (excludes halogenated alkanes) is 1. The number of hydrogen-bond acceptors (Lipinski definition) is 26. The molecule has 0 saturated carbocycles. The Bertz CT molecular complexity index is 3780. The van der Waals surface area contributed by atoms with Crippen molar-refractivity contribution in [3.8, 4) is 11.5 Å². The number of aromatic hydroxyl groups is 2. The van der Waals surface area contributed by atoms with E-state index in [4.69, 9.17) is 22.6 Å². The van der Waals surface area contributed by atoms with Gasteiger partial charge in [0.25, 0.3) is 0 Å². The van der Waals surface area contributed by atoms with E-state index in [0.29, 0.717) is 11.1 Å². The molecular formula is C70H102N18O26. The van der Waals surface area contributed by atoms with E-state index >= 15 is 0 Å². The molecule has 114 heavy (non-hydrogen) atoms. The molecule has 15 atom stereocenters. The van der Waals surface area contributed by atoms with Crippen LogP contribution in [-0.2, 0) is 96.0 Å². The Morgan fingerprint density at radius 3 is 1.23 bits per heavy atom. The van der Waals surface area contributed by atoms with Gasteiger partial charge < -0.3 is 143 Å². The van der Waals surface area contributed by atoms with Gasteiger partial charge in [0.05, 0.1) is 57.1 Å². The molecule has 0 fully saturated rings. The summed E-state index contributed by atoms with van der Waals surface area (Å²) in [6.07, 6.45) is -8.20. The molecule has 0 saturated heterocycles. The van der Waals surface area contributed by atoms with E-state index < -0.39 is 238 Å². The Morgan fingerprint density at radius 1 is 0.395 bits per heavy atom. The molecule has 31 N–H and O–H groups in total. The minimum absolute atomic E-state index is 0.0285. The van der Waals surface area contributed by atoms with Gasteiger partial charge >= 0.3 is 17.9 Å². The van der Waals surface area contributed by atoms with Crippen molar-refractivity contribution in [1.29, 1.82) is 5.41 Å². The molecule has 0 bridgehead atoms. The molecule has 44 heteroatoms. The number of aliphatic hydroxyl groups excluding tert-OH is 5. The molecule has 3 rings (SSSR count). The summed E-state index contributed by atoms with van der Waals surface area (Å²) in [7, 11) is 0. The van der Waals surface area contributed by atoms with Gasteiger partial charge in [-0.15, -0.1) is 0 Å². The van der Waals surface area contributed by atoms with Gasteiger partial charge in [-0.25, -0.2) is 4.79 Å². The Morgan fingerprint density at radius 2 is 0.781 bits per heavy atom. The van der Waals surface area contributed by atoms with E-state index in [1.165, 1.54) is 48.5 Å². The molecule has 0 aliphatic rings. The lowest BCUT2D eigenvalue weighted by Crippen LogP contribution is -2.63. The summed E-state index contributed by atoms with van der Waals surface area (Å²) in [6.45, 7) is -0.974. The van der Waals surface area contributed by atoms with Crippen LogP contribution < -0.4 is 91.6 Å². The fourth-order valence-corrected chi connectivity index (χ4v) is 10.6. The van der Waals surface area contributed by atoms with Gasteiger partial charge in [-0.3, -0.25) is 77.3 Å². The van der Waals surface area contributed by atoms with Gasteiger partial charge in [0.1, 0.15) is 71.9 Å². The van der Waals surface area contributed by atoms with Crippen molar-refractivity contribution in [1.82, 2.24) is 74.4 Å². The first-order valence-electron chi connectivity index (χ1n) is 35.7. The number of guanidine groups is 1. The minimum atomic E-state index is -2.06. The number of carboxylic acids is 3. The number of benzene rings is 3. The van der Waals surface area contributed by atoms with Crippen molar-refractivity contribution in [2.24, 2.45) is 17.2 Å². The largest absolute Gasteiger partial charge is 0.508 e. The average Bonchev–Trinajstić information content (AvgIpc) is 0.855. The van der Waals surface area contributed by atoms with Crippen molar-refractivity contribution in [2.45, 2.75) is 182 Å². The second kappa shape index (κ2) is 49.2. The number of carbonyl (C=O) groups is 16. The van der Waals surface area contributed by atoms with Crippen LogP contribution in [0.5, 0.6) is 11.5 Å². The van der Waals surface area contributed by atoms with Gasteiger partial charge in [0, 0.05) is 32.2 Å². The number of carboxylic acid groups (broad SMARTS) is 3. The minimum Gasteiger partial charge on any atom is -0.508 e. The summed E-state index contributed by atoms with van der Waals surface area (Å²) in [5, 5.41) is 139. The third-order valence-corrected chi connectivity index (χ3v) is 16.8. The zero-order valence-electron chi connectivity index (χ0n) is 62.4. The molecule has 0 heterocycles. The number of phenols is 2. The van der Waals surface area contributed by atoms with E-state index in [1.807, 2.05) is 21.3 Å².